The summed E-state index contributed by atoms with van der Waals surface area (Å²) in [6.07, 6.45) is 6.49. The number of nitrogens with zero attached hydrogens (tertiary/aromatic N) is 5. The van der Waals surface area contributed by atoms with Gasteiger partial charge in [-0.15, -0.1) is 0 Å². The Balaban J connectivity index is 1.24. The molecule has 5 aromatic rings. The minimum Gasteiger partial charge on any atom is -0.482 e. The highest BCUT2D eigenvalue weighted by Gasteiger charge is 2.40. The lowest BCUT2D eigenvalue weighted by Crippen LogP contribution is -2.06. The molecule has 2 atom stereocenters. The van der Waals surface area contributed by atoms with E-state index in [0.717, 1.165) is 34.4 Å². The second-order valence-electron chi connectivity index (χ2n) is 8.42. The summed E-state index contributed by atoms with van der Waals surface area (Å²) in [6, 6.07) is 16.5. The van der Waals surface area contributed by atoms with Crippen LogP contribution in [-0.4, -0.2) is 38.1 Å². The van der Waals surface area contributed by atoms with E-state index < -0.39 is 0 Å². The number of hydrogen-bond acceptors (Lipinski definition) is 6. The molecule has 4 heterocycles. The molecule has 1 aliphatic rings. The molecule has 0 aliphatic heterocycles. The molecular formula is C26H23N5O2. The molecule has 164 valence electrons. The number of fused-ring (bicyclic) bond motifs is 2. The summed E-state index contributed by atoms with van der Waals surface area (Å²) in [7, 11) is 1.65. The van der Waals surface area contributed by atoms with Crippen molar-refractivity contribution in [3.63, 3.8) is 0 Å². The summed E-state index contributed by atoms with van der Waals surface area (Å²) >= 11 is 0. The number of hydrogen-bond donors (Lipinski definition) is 0. The van der Waals surface area contributed by atoms with Crippen LogP contribution in [0.4, 0.5) is 0 Å². The summed E-state index contributed by atoms with van der Waals surface area (Å²) < 4.78 is 13.7. The number of rotatable bonds is 6. The highest BCUT2D eigenvalue weighted by atomic mass is 16.5. The molecule has 6 rings (SSSR count). The van der Waals surface area contributed by atoms with Crippen molar-refractivity contribution in [1.29, 1.82) is 0 Å². The Labute approximate surface area is 191 Å². The summed E-state index contributed by atoms with van der Waals surface area (Å²) in [5.74, 6) is 2.79. The number of aromatic nitrogens is 5. The molecule has 33 heavy (non-hydrogen) atoms. The Morgan fingerprint density at radius 2 is 1.97 bits per heavy atom. The Kier molecular flexibility index (Phi) is 4.68. The van der Waals surface area contributed by atoms with Crippen LogP contribution in [0.15, 0.2) is 67.1 Å². The average molecular weight is 438 g/mol. The zero-order valence-corrected chi connectivity index (χ0v) is 18.5. The molecule has 7 heteroatoms. The van der Waals surface area contributed by atoms with Crippen molar-refractivity contribution in [2.45, 2.75) is 19.3 Å². The maximum atomic E-state index is 6.26. The molecule has 0 bridgehead atoms. The van der Waals surface area contributed by atoms with E-state index in [2.05, 4.69) is 39.2 Å². The van der Waals surface area contributed by atoms with Crippen molar-refractivity contribution >= 4 is 16.6 Å². The van der Waals surface area contributed by atoms with E-state index in [9.17, 15) is 0 Å². The van der Waals surface area contributed by atoms with Gasteiger partial charge in [0, 0.05) is 47.6 Å². The third kappa shape index (κ3) is 3.65. The van der Waals surface area contributed by atoms with Gasteiger partial charge in [-0.1, -0.05) is 24.3 Å². The van der Waals surface area contributed by atoms with E-state index in [1.54, 1.807) is 19.5 Å². The maximum Gasteiger partial charge on any atom is 0.224 e. The van der Waals surface area contributed by atoms with Gasteiger partial charge in [-0.05, 0) is 37.1 Å². The van der Waals surface area contributed by atoms with E-state index in [-0.39, 0.29) is 0 Å². The van der Waals surface area contributed by atoms with Crippen LogP contribution in [0.25, 0.3) is 27.7 Å². The van der Waals surface area contributed by atoms with Crippen LogP contribution in [0.5, 0.6) is 11.8 Å². The first kappa shape index (κ1) is 19.7. The third-order valence-corrected chi connectivity index (χ3v) is 6.22. The highest BCUT2D eigenvalue weighted by molar-refractivity contribution is 5.78. The normalized spacial score (nSPS) is 17.4. The van der Waals surface area contributed by atoms with Gasteiger partial charge in [0.05, 0.1) is 24.8 Å². The number of aryl methyl sites for hydroxylation is 1. The van der Waals surface area contributed by atoms with Crippen LogP contribution in [0, 0.1) is 12.8 Å². The average Bonchev–Trinajstić information content (AvgIpc) is 3.47. The Morgan fingerprint density at radius 1 is 1.06 bits per heavy atom. The van der Waals surface area contributed by atoms with Crippen LogP contribution in [0.3, 0.4) is 0 Å². The monoisotopic (exact) mass is 437 g/mol. The summed E-state index contributed by atoms with van der Waals surface area (Å²) in [5, 5.41) is 1.17. The molecule has 1 saturated carbocycles. The van der Waals surface area contributed by atoms with Gasteiger partial charge in [-0.25, -0.2) is 9.97 Å². The molecule has 1 aliphatic carbocycles. The fourth-order valence-electron chi connectivity index (χ4n) is 4.33. The number of methoxy groups -OCH3 is 1. The van der Waals surface area contributed by atoms with E-state index in [1.807, 2.05) is 41.8 Å². The molecule has 0 saturated heterocycles. The van der Waals surface area contributed by atoms with Gasteiger partial charge in [0.2, 0.25) is 5.88 Å². The number of pyridine rings is 2. The van der Waals surface area contributed by atoms with Crippen molar-refractivity contribution in [3.8, 4) is 22.9 Å². The SMILES string of the molecule is COc1cc(-c2cnc(C)nc2OCC2CC2c2ccc3ccccc3n2)cc2nccn12. The second kappa shape index (κ2) is 7.85. The first-order valence-electron chi connectivity index (χ1n) is 11.0. The molecule has 0 N–H and O–H groups in total. The number of benzene rings is 1. The first-order valence-corrected chi connectivity index (χ1v) is 11.0. The van der Waals surface area contributed by atoms with Gasteiger partial charge in [0.15, 0.2) is 5.88 Å². The van der Waals surface area contributed by atoms with Crippen molar-refractivity contribution in [1.82, 2.24) is 24.3 Å². The lowest BCUT2D eigenvalue weighted by atomic mass is 10.1. The smallest absolute Gasteiger partial charge is 0.224 e. The zero-order chi connectivity index (χ0) is 22.4. The highest BCUT2D eigenvalue weighted by Crippen LogP contribution is 2.47. The molecule has 0 radical (unpaired) electrons. The number of imidazole rings is 1. The van der Waals surface area contributed by atoms with Crippen LogP contribution in [0.2, 0.25) is 0 Å². The van der Waals surface area contributed by atoms with Gasteiger partial charge in [-0.3, -0.25) is 9.38 Å². The lowest BCUT2D eigenvalue weighted by molar-refractivity contribution is 0.285. The van der Waals surface area contributed by atoms with Crippen molar-refractivity contribution in [2.24, 2.45) is 5.92 Å². The number of para-hydroxylation sites is 1. The first-order chi connectivity index (χ1) is 16.2. The van der Waals surface area contributed by atoms with Crippen LogP contribution < -0.4 is 9.47 Å². The fourth-order valence-corrected chi connectivity index (χ4v) is 4.33. The lowest BCUT2D eigenvalue weighted by Gasteiger charge is -2.13. The maximum absolute atomic E-state index is 6.26. The molecule has 1 aromatic carbocycles. The Morgan fingerprint density at radius 3 is 2.88 bits per heavy atom. The van der Waals surface area contributed by atoms with Gasteiger partial charge < -0.3 is 9.47 Å². The van der Waals surface area contributed by atoms with Gasteiger partial charge in [0.1, 0.15) is 11.5 Å². The van der Waals surface area contributed by atoms with Crippen molar-refractivity contribution < 1.29 is 9.47 Å². The van der Waals surface area contributed by atoms with Crippen LogP contribution >= 0.6 is 0 Å². The Bertz CT molecular complexity index is 1480. The van der Waals surface area contributed by atoms with Gasteiger partial charge in [-0.2, -0.15) is 4.98 Å². The van der Waals surface area contributed by atoms with E-state index >= 15 is 0 Å². The molecular weight excluding hydrogens is 414 g/mol. The van der Waals surface area contributed by atoms with Crippen molar-refractivity contribution in [2.75, 3.05) is 13.7 Å². The van der Waals surface area contributed by atoms with E-state index in [0.29, 0.717) is 36.0 Å². The molecule has 4 aromatic heterocycles. The fraction of sp³-hybridized carbons (Fsp3) is 0.231. The molecule has 7 nitrogen and oxygen atoms in total. The van der Waals surface area contributed by atoms with Crippen molar-refractivity contribution in [3.05, 3.63) is 78.6 Å². The van der Waals surface area contributed by atoms with Gasteiger partial charge in [0.25, 0.3) is 0 Å². The minimum atomic E-state index is 0.419. The summed E-state index contributed by atoms with van der Waals surface area (Å²) in [6.45, 7) is 2.46. The van der Waals surface area contributed by atoms with E-state index in [1.165, 1.54) is 5.39 Å². The van der Waals surface area contributed by atoms with E-state index in [4.69, 9.17) is 14.5 Å². The molecule has 0 amide bonds. The summed E-state index contributed by atoms with van der Waals surface area (Å²) in [5.41, 5.74) is 4.70. The van der Waals surface area contributed by atoms with Crippen LogP contribution in [0.1, 0.15) is 23.9 Å². The minimum absolute atomic E-state index is 0.419. The standard InChI is InChI=1S/C26H23N5O2/c1-16-28-14-21(18-12-24-27-9-10-31(24)25(13-18)32-2)26(29-16)33-15-19-11-20(19)23-8-7-17-5-3-4-6-22(17)30-23/h3-10,12-14,19-20H,11,15H2,1-2H3. The van der Waals surface area contributed by atoms with Crippen LogP contribution in [-0.2, 0) is 0 Å². The molecule has 1 fully saturated rings. The molecule has 2 unspecified atom stereocenters. The largest absolute Gasteiger partial charge is 0.482 e. The van der Waals surface area contributed by atoms with Gasteiger partial charge >= 0.3 is 0 Å². The topological polar surface area (TPSA) is 74.4 Å². The number of ether oxygens (including phenoxy) is 2. The Hall–Kier alpha value is -4.00. The molecule has 0 spiro atoms. The predicted molar refractivity (Wildman–Crippen MR) is 126 cm³/mol. The zero-order valence-electron chi connectivity index (χ0n) is 18.5. The third-order valence-electron chi connectivity index (χ3n) is 6.22. The predicted octanol–water partition coefficient (Wildman–Crippen LogP) is 4.84. The quantitative estimate of drug-likeness (QED) is 0.378. The second-order valence-corrected chi connectivity index (χ2v) is 8.42. The summed E-state index contributed by atoms with van der Waals surface area (Å²) in [4.78, 5) is 18.3.